The van der Waals surface area contributed by atoms with Gasteiger partial charge in [-0.1, -0.05) is 42.5 Å². The second-order valence-electron chi connectivity index (χ2n) is 5.83. The van der Waals surface area contributed by atoms with Gasteiger partial charge in [0.25, 0.3) is 0 Å². The Bertz CT molecular complexity index is 582. The predicted octanol–water partition coefficient (Wildman–Crippen LogP) is 1.63. The lowest BCUT2D eigenvalue weighted by Gasteiger charge is -2.31. The molecule has 2 aromatic rings. The van der Waals surface area contributed by atoms with E-state index in [-0.39, 0.29) is 32.5 Å². The Hall–Kier alpha value is -1.92. The second-order valence-corrected chi connectivity index (χ2v) is 5.83. The lowest BCUT2D eigenvalue weighted by molar-refractivity contribution is 0.121. The van der Waals surface area contributed by atoms with Gasteiger partial charge in [0.15, 0.2) is 0 Å². The van der Waals surface area contributed by atoms with Crippen LogP contribution >= 0.6 is 0 Å². The molecule has 0 bridgehead atoms. The molecule has 0 aliphatic heterocycles. The molecule has 136 valence electrons. The van der Waals surface area contributed by atoms with Crippen LogP contribution in [0.15, 0.2) is 54.6 Å². The molecule has 3 N–H and O–H groups in total. The molecule has 2 rings (SSSR count). The quantitative estimate of drug-likeness (QED) is 0.577. The topological polar surface area (TPSA) is 73.2 Å². The van der Waals surface area contributed by atoms with Crippen LogP contribution in [0.4, 0.5) is 0 Å². The summed E-state index contributed by atoms with van der Waals surface area (Å²) in [4.78, 5) is 2.09. The lowest BCUT2D eigenvalue weighted by atomic mass is 9.97. The van der Waals surface area contributed by atoms with Crippen molar-refractivity contribution in [2.75, 3.05) is 39.5 Å². The van der Waals surface area contributed by atoms with Gasteiger partial charge in [0, 0.05) is 19.1 Å². The summed E-state index contributed by atoms with van der Waals surface area (Å²) in [5.74, 6) is 0.715. The molecule has 0 saturated carbocycles. The third kappa shape index (κ3) is 6.14. The minimum atomic E-state index is -0.0147. The minimum absolute atomic E-state index is 0.0147. The zero-order chi connectivity index (χ0) is 17.9. The lowest BCUT2D eigenvalue weighted by Crippen LogP contribution is -2.35. The van der Waals surface area contributed by atoms with E-state index in [9.17, 15) is 10.2 Å². The molecule has 0 unspecified atom stereocenters. The maximum atomic E-state index is 9.40. The van der Waals surface area contributed by atoms with Crippen molar-refractivity contribution in [3.63, 3.8) is 0 Å². The highest BCUT2D eigenvalue weighted by molar-refractivity contribution is 5.31. The van der Waals surface area contributed by atoms with Crippen molar-refractivity contribution < 1.29 is 20.1 Å². The molecule has 0 aliphatic carbocycles. The van der Waals surface area contributed by atoms with Gasteiger partial charge < -0.3 is 20.1 Å². The summed E-state index contributed by atoms with van der Waals surface area (Å²) in [6.45, 7) is 1.35. The van der Waals surface area contributed by atoms with Crippen LogP contribution in [0.25, 0.3) is 0 Å². The first kappa shape index (κ1) is 19.4. The van der Waals surface area contributed by atoms with Crippen LogP contribution in [0.2, 0.25) is 0 Å². The van der Waals surface area contributed by atoms with Crippen LogP contribution in [0.5, 0.6) is 5.75 Å². The fourth-order valence-corrected chi connectivity index (χ4v) is 2.93. The Balaban J connectivity index is 2.22. The largest absolute Gasteiger partial charge is 0.491 e. The van der Waals surface area contributed by atoms with Crippen molar-refractivity contribution in [3.05, 3.63) is 65.7 Å². The van der Waals surface area contributed by atoms with Gasteiger partial charge in [-0.05, 0) is 29.7 Å². The molecular weight excluding hydrogens is 318 g/mol. The first-order valence-electron chi connectivity index (χ1n) is 8.61. The molecule has 0 amide bonds. The molecular formula is C20H27NO4. The number of nitrogens with zero attached hydrogens (tertiary/aromatic N) is 1. The van der Waals surface area contributed by atoms with Gasteiger partial charge in [0.2, 0.25) is 0 Å². The number of hydrogen-bond acceptors (Lipinski definition) is 5. The van der Waals surface area contributed by atoms with E-state index in [0.29, 0.717) is 18.8 Å². The Kier molecular flexibility index (Phi) is 8.42. The van der Waals surface area contributed by atoms with Crippen LogP contribution in [0, 0.1) is 0 Å². The van der Waals surface area contributed by atoms with E-state index in [1.165, 1.54) is 5.56 Å². The highest BCUT2D eigenvalue weighted by Crippen LogP contribution is 2.26. The smallest absolute Gasteiger partial charge is 0.119 e. The van der Waals surface area contributed by atoms with Crippen LogP contribution in [0.3, 0.4) is 0 Å². The minimum Gasteiger partial charge on any atom is -0.491 e. The molecule has 2 aromatic carbocycles. The highest BCUT2D eigenvalue weighted by Gasteiger charge is 2.20. The van der Waals surface area contributed by atoms with Crippen molar-refractivity contribution in [2.24, 2.45) is 0 Å². The molecule has 0 aromatic heterocycles. The molecule has 0 fully saturated rings. The molecule has 1 atom stereocenters. The van der Waals surface area contributed by atoms with Gasteiger partial charge >= 0.3 is 0 Å². The molecule has 5 heteroatoms. The Morgan fingerprint density at radius 3 is 2.00 bits per heavy atom. The van der Waals surface area contributed by atoms with E-state index in [4.69, 9.17) is 9.84 Å². The van der Waals surface area contributed by atoms with E-state index in [1.54, 1.807) is 0 Å². The molecule has 0 radical (unpaired) electrons. The third-order valence-corrected chi connectivity index (χ3v) is 4.11. The SMILES string of the molecule is OCCOc1ccc([C@H](Cc2ccccc2)N(CCO)CCO)cc1. The van der Waals surface area contributed by atoms with Gasteiger partial charge in [0.05, 0.1) is 19.8 Å². The van der Waals surface area contributed by atoms with E-state index < -0.39 is 0 Å². The number of aliphatic hydroxyl groups is 3. The van der Waals surface area contributed by atoms with Crippen LogP contribution < -0.4 is 4.74 Å². The third-order valence-electron chi connectivity index (χ3n) is 4.11. The van der Waals surface area contributed by atoms with E-state index in [2.05, 4.69) is 17.0 Å². The van der Waals surface area contributed by atoms with Gasteiger partial charge in [0.1, 0.15) is 12.4 Å². The zero-order valence-corrected chi connectivity index (χ0v) is 14.4. The monoisotopic (exact) mass is 345 g/mol. The van der Waals surface area contributed by atoms with Crippen LogP contribution in [0.1, 0.15) is 17.2 Å². The van der Waals surface area contributed by atoms with Gasteiger partial charge in [-0.15, -0.1) is 0 Å². The van der Waals surface area contributed by atoms with Crippen molar-refractivity contribution in [2.45, 2.75) is 12.5 Å². The Morgan fingerprint density at radius 1 is 0.800 bits per heavy atom. The molecule has 25 heavy (non-hydrogen) atoms. The van der Waals surface area contributed by atoms with E-state index >= 15 is 0 Å². The number of aliphatic hydroxyl groups excluding tert-OH is 3. The van der Waals surface area contributed by atoms with Crippen LogP contribution in [-0.4, -0.2) is 59.7 Å². The molecule has 0 spiro atoms. The summed E-state index contributed by atoms with van der Waals surface area (Å²) < 4.78 is 5.42. The van der Waals surface area contributed by atoms with Gasteiger partial charge in [-0.3, -0.25) is 4.90 Å². The summed E-state index contributed by atoms with van der Waals surface area (Å²) in [5, 5.41) is 27.6. The van der Waals surface area contributed by atoms with E-state index in [0.717, 1.165) is 12.0 Å². The van der Waals surface area contributed by atoms with Gasteiger partial charge in [-0.25, -0.2) is 0 Å². The summed E-state index contributed by atoms with van der Waals surface area (Å²) in [7, 11) is 0. The summed E-state index contributed by atoms with van der Waals surface area (Å²) in [6.07, 6.45) is 0.789. The molecule has 0 aliphatic rings. The maximum Gasteiger partial charge on any atom is 0.119 e. The number of ether oxygens (including phenoxy) is 1. The molecule has 5 nitrogen and oxygen atoms in total. The van der Waals surface area contributed by atoms with Crippen molar-refractivity contribution >= 4 is 0 Å². The molecule has 0 saturated heterocycles. The summed E-state index contributed by atoms with van der Waals surface area (Å²) in [6, 6.07) is 18.0. The second kappa shape index (κ2) is 10.8. The number of rotatable bonds is 11. The normalized spacial score (nSPS) is 12.3. The van der Waals surface area contributed by atoms with Crippen LogP contribution in [-0.2, 0) is 6.42 Å². The summed E-state index contributed by atoms with van der Waals surface area (Å²) in [5.41, 5.74) is 2.30. The Morgan fingerprint density at radius 2 is 1.44 bits per heavy atom. The van der Waals surface area contributed by atoms with E-state index in [1.807, 2.05) is 42.5 Å². The fraction of sp³-hybridized carbons (Fsp3) is 0.400. The Labute approximate surface area is 149 Å². The first-order chi connectivity index (χ1) is 12.3. The first-order valence-corrected chi connectivity index (χ1v) is 8.61. The maximum absolute atomic E-state index is 9.40. The van der Waals surface area contributed by atoms with Crippen molar-refractivity contribution in [1.82, 2.24) is 4.90 Å². The van der Waals surface area contributed by atoms with Gasteiger partial charge in [-0.2, -0.15) is 0 Å². The van der Waals surface area contributed by atoms with Crippen molar-refractivity contribution in [1.29, 1.82) is 0 Å². The highest BCUT2D eigenvalue weighted by atomic mass is 16.5. The summed E-state index contributed by atoms with van der Waals surface area (Å²) >= 11 is 0. The fourth-order valence-electron chi connectivity index (χ4n) is 2.93. The number of hydrogen-bond donors (Lipinski definition) is 3. The standard InChI is InChI=1S/C20H27NO4/c22-12-10-21(11-13-23)20(16-17-4-2-1-3-5-17)18-6-8-19(9-7-18)25-15-14-24/h1-9,20,22-24H,10-16H2/t20-/m0/s1. The number of benzene rings is 2. The predicted molar refractivity (Wildman–Crippen MR) is 97.7 cm³/mol. The zero-order valence-electron chi connectivity index (χ0n) is 14.4. The van der Waals surface area contributed by atoms with Crippen molar-refractivity contribution in [3.8, 4) is 5.75 Å². The average Bonchev–Trinajstić information content (AvgIpc) is 2.66. The average molecular weight is 345 g/mol. The molecule has 0 heterocycles.